The van der Waals surface area contributed by atoms with Crippen LogP contribution in [0.25, 0.3) is 0 Å². The molecule has 0 radical (unpaired) electrons. The number of aliphatic hydroxyl groups excluding tert-OH is 1. The molecule has 0 bridgehead atoms. The Kier molecular flexibility index (Phi) is 6.81. The number of hydrogen-bond donors (Lipinski definition) is 2. The zero-order chi connectivity index (χ0) is 15.1. The van der Waals surface area contributed by atoms with Gasteiger partial charge in [0, 0.05) is 29.8 Å². The number of benzene rings is 1. The van der Waals surface area contributed by atoms with Crippen molar-refractivity contribution in [3.63, 3.8) is 0 Å². The molecular weight excluding hydrogens is 284 g/mol. The molecule has 0 spiro atoms. The Balaban J connectivity index is 2.26. The Morgan fingerprint density at radius 2 is 2.05 bits per heavy atom. The van der Waals surface area contributed by atoms with E-state index >= 15 is 0 Å². The van der Waals surface area contributed by atoms with E-state index in [1.54, 1.807) is 0 Å². The molecular formula is C17H27ClN2O. The molecule has 1 saturated carbocycles. The first-order valence-corrected chi connectivity index (χ1v) is 8.50. The summed E-state index contributed by atoms with van der Waals surface area (Å²) < 4.78 is 0. The molecule has 2 rings (SSSR count). The van der Waals surface area contributed by atoms with Crippen LogP contribution in [0.15, 0.2) is 18.2 Å². The van der Waals surface area contributed by atoms with Gasteiger partial charge < -0.3 is 15.3 Å². The predicted octanol–water partition coefficient (Wildman–Crippen LogP) is 3.58. The Morgan fingerprint density at radius 3 is 2.71 bits per heavy atom. The minimum absolute atomic E-state index is 0.184. The van der Waals surface area contributed by atoms with E-state index in [1.807, 2.05) is 6.07 Å². The second-order valence-corrected chi connectivity index (χ2v) is 6.20. The van der Waals surface area contributed by atoms with Gasteiger partial charge in [-0.2, -0.15) is 0 Å². The Hall–Kier alpha value is -0.770. The standard InChI is InChI=1S/C17H27ClN2O/c1-2-19-13-14-8-9-15(18)12-17(14)20(10-11-21)16-6-4-3-5-7-16/h8-9,12,16,19,21H,2-7,10-11,13H2,1H3. The van der Waals surface area contributed by atoms with Crippen molar-refractivity contribution in [3.8, 4) is 0 Å². The van der Waals surface area contributed by atoms with Crippen LogP contribution in [0.1, 0.15) is 44.6 Å². The van der Waals surface area contributed by atoms with E-state index in [4.69, 9.17) is 11.6 Å². The molecule has 0 aromatic heterocycles. The van der Waals surface area contributed by atoms with E-state index < -0.39 is 0 Å². The molecule has 0 unspecified atom stereocenters. The zero-order valence-electron chi connectivity index (χ0n) is 12.9. The summed E-state index contributed by atoms with van der Waals surface area (Å²) in [5, 5.41) is 13.6. The molecule has 2 N–H and O–H groups in total. The third-order valence-electron chi connectivity index (χ3n) is 4.28. The van der Waals surface area contributed by atoms with E-state index in [1.165, 1.54) is 43.4 Å². The van der Waals surface area contributed by atoms with Crippen LogP contribution in [0.2, 0.25) is 5.02 Å². The first-order valence-electron chi connectivity index (χ1n) is 8.13. The fourth-order valence-corrected chi connectivity index (χ4v) is 3.38. The second-order valence-electron chi connectivity index (χ2n) is 5.76. The molecule has 1 aliphatic carbocycles. The van der Waals surface area contributed by atoms with Gasteiger partial charge in [0.1, 0.15) is 0 Å². The lowest BCUT2D eigenvalue weighted by Crippen LogP contribution is -2.39. The maximum atomic E-state index is 9.47. The highest BCUT2D eigenvalue weighted by atomic mass is 35.5. The SMILES string of the molecule is CCNCc1ccc(Cl)cc1N(CCO)C1CCCCC1. The van der Waals surface area contributed by atoms with Crippen LogP contribution in [-0.4, -0.2) is 30.8 Å². The molecule has 4 heteroatoms. The van der Waals surface area contributed by atoms with E-state index in [0.717, 1.165) is 18.1 Å². The summed E-state index contributed by atoms with van der Waals surface area (Å²) in [7, 11) is 0. The number of anilines is 1. The van der Waals surface area contributed by atoms with Crippen molar-refractivity contribution >= 4 is 17.3 Å². The lowest BCUT2D eigenvalue weighted by molar-refractivity contribution is 0.290. The fourth-order valence-electron chi connectivity index (χ4n) is 3.21. The highest BCUT2D eigenvalue weighted by molar-refractivity contribution is 6.30. The lowest BCUT2D eigenvalue weighted by atomic mass is 9.93. The topological polar surface area (TPSA) is 35.5 Å². The first-order chi connectivity index (χ1) is 10.3. The summed E-state index contributed by atoms with van der Waals surface area (Å²) in [6.07, 6.45) is 6.34. The molecule has 0 saturated heterocycles. The third kappa shape index (κ3) is 4.60. The van der Waals surface area contributed by atoms with Crippen molar-refractivity contribution in [2.75, 3.05) is 24.6 Å². The van der Waals surface area contributed by atoms with Gasteiger partial charge in [0.15, 0.2) is 0 Å². The van der Waals surface area contributed by atoms with E-state index in [9.17, 15) is 5.11 Å². The average molecular weight is 311 g/mol. The van der Waals surface area contributed by atoms with Gasteiger partial charge in [-0.1, -0.05) is 43.9 Å². The molecule has 0 atom stereocenters. The van der Waals surface area contributed by atoms with Crippen LogP contribution in [0.5, 0.6) is 0 Å². The number of nitrogens with zero attached hydrogens (tertiary/aromatic N) is 1. The molecule has 0 amide bonds. The minimum atomic E-state index is 0.184. The number of rotatable bonds is 7. The quantitative estimate of drug-likeness (QED) is 0.808. The first kappa shape index (κ1) is 16.6. The van der Waals surface area contributed by atoms with Gasteiger partial charge in [-0.05, 0) is 37.1 Å². The van der Waals surface area contributed by atoms with Crippen molar-refractivity contribution in [2.45, 2.75) is 51.6 Å². The average Bonchev–Trinajstić information content (AvgIpc) is 2.52. The summed E-state index contributed by atoms with van der Waals surface area (Å²) in [5.74, 6) is 0. The van der Waals surface area contributed by atoms with Gasteiger partial charge in [0.2, 0.25) is 0 Å². The van der Waals surface area contributed by atoms with E-state index in [2.05, 4.69) is 29.3 Å². The van der Waals surface area contributed by atoms with Crippen LogP contribution in [0.3, 0.4) is 0 Å². The van der Waals surface area contributed by atoms with Crippen LogP contribution in [0.4, 0.5) is 5.69 Å². The van der Waals surface area contributed by atoms with Gasteiger partial charge in [-0.3, -0.25) is 0 Å². The third-order valence-corrected chi connectivity index (χ3v) is 4.51. The minimum Gasteiger partial charge on any atom is -0.395 e. The number of aliphatic hydroxyl groups is 1. The molecule has 0 heterocycles. The smallest absolute Gasteiger partial charge is 0.0606 e. The highest BCUT2D eigenvalue weighted by Gasteiger charge is 2.23. The van der Waals surface area contributed by atoms with Crippen LogP contribution in [0, 0.1) is 0 Å². The summed E-state index contributed by atoms with van der Waals surface area (Å²) in [6, 6.07) is 6.65. The van der Waals surface area contributed by atoms with Crippen LogP contribution >= 0.6 is 11.6 Å². The summed E-state index contributed by atoms with van der Waals surface area (Å²) in [5.41, 5.74) is 2.45. The lowest BCUT2D eigenvalue weighted by Gasteiger charge is -2.37. The summed E-state index contributed by atoms with van der Waals surface area (Å²) in [4.78, 5) is 2.37. The van der Waals surface area contributed by atoms with E-state index in [0.29, 0.717) is 12.6 Å². The van der Waals surface area contributed by atoms with Gasteiger partial charge in [-0.15, -0.1) is 0 Å². The van der Waals surface area contributed by atoms with Gasteiger partial charge in [-0.25, -0.2) is 0 Å². The number of nitrogens with one attached hydrogen (secondary N) is 1. The molecule has 3 nitrogen and oxygen atoms in total. The summed E-state index contributed by atoms with van der Waals surface area (Å²) in [6.45, 7) is 4.78. The molecule has 0 aliphatic heterocycles. The molecule has 1 aromatic carbocycles. The number of halogens is 1. The zero-order valence-corrected chi connectivity index (χ0v) is 13.7. The summed E-state index contributed by atoms with van der Waals surface area (Å²) >= 11 is 6.22. The Bertz CT molecular complexity index is 433. The van der Waals surface area contributed by atoms with Gasteiger partial charge >= 0.3 is 0 Å². The monoisotopic (exact) mass is 310 g/mol. The van der Waals surface area contributed by atoms with E-state index in [-0.39, 0.29) is 6.61 Å². The second kappa shape index (κ2) is 8.62. The van der Waals surface area contributed by atoms with Crippen molar-refractivity contribution in [1.82, 2.24) is 5.32 Å². The van der Waals surface area contributed by atoms with Crippen LogP contribution in [-0.2, 0) is 6.54 Å². The fraction of sp³-hybridized carbons (Fsp3) is 0.647. The Labute approximate surface area is 133 Å². The molecule has 1 fully saturated rings. The maximum Gasteiger partial charge on any atom is 0.0606 e. The van der Waals surface area contributed by atoms with Crippen LogP contribution < -0.4 is 10.2 Å². The highest BCUT2D eigenvalue weighted by Crippen LogP contribution is 2.31. The largest absolute Gasteiger partial charge is 0.395 e. The van der Waals surface area contributed by atoms with Crippen molar-refractivity contribution in [1.29, 1.82) is 0 Å². The predicted molar refractivity (Wildman–Crippen MR) is 90.1 cm³/mol. The van der Waals surface area contributed by atoms with Crippen molar-refractivity contribution in [3.05, 3.63) is 28.8 Å². The normalized spacial score (nSPS) is 16.1. The molecule has 118 valence electrons. The van der Waals surface area contributed by atoms with Crippen molar-refractivity contribution < 1.29 is 5.11 Å². The van der Waals surface area contributed by atoms with Gasteiger partial charge in [0.05, 0.1) is 6.61 Å². The molecule has 21 heavy (non-hydrogen) atoms. The maximum absolute atomic E-state index is 9.47. The van der Waals surface area contributed by atoms with Crippen molar-refractivity contribution in [2.24, 2.45) is 0 Å². The Morgan fingerprint density at radius 1 is 1.29 bits per heavy atom. The molecule has 1 aliphatic rings. The number of hydrogen-bond acceptors (Lipinski definition) is 3. The van der Waals surface area contributed by atoms with Gasteiger partial charge in [0.25, 0.3) is 0 Å². The molecule has 1 aromatic rings.